The van der Waals surface area contributed by atoms with Crippen molar-refractivity contribution in [3.05, 3.63) is 306 Å². The molecule has 26 heterocycles. The van der Waals surface area contributed by atoms with Gasteiger partial charge in [0.2, 0.25) is 0 Å². The van der Waals surface area contributed by atoms with Crippen molar-refractivity contribution in [1.29, 1.82) is 0 Å². The molecule has 27 rings (SSSR count). The molecule has 0 unspecified atom stereocenters. The van der Waals surface area contributed by atoms with Crippen molar-refractivity contribution in [2.45, 2.75) is 72.5 Å². The Bertz CT molecular complexity index is 8930. The van der Waals surface area contributed by atoms with Gasteiger partial charge in [0.1, 0.15) is 56.6 Å². The molecule has 0 amide bonds. The molecule has 0 radical (unpaired) electrons. The number of oxazole rings is 1. The molecule has 41 heteroatoms. The monoisotopic (exact) mass is 2010 g/mol. The summed E-state index contributed by atoms with van der Waals surface area (Å²) in [5.74, 6) is 0.608. The number of aromatic nitrogens is 21. The number of piperazine rings is 4. The number of nitrogens with one attached hydrogen (secondary N) is 1. The van der Waals surface area contributed by atoms with E-state index < -0.39 is 17.6 Å². The minimum Gasteiger partial charge on any atom is -0.441 e. The summed E-state index contributed by atoms with van der Waals surface area (Å²) in [6.45, 7) is 29.1. The Hall–Kier alpha value is -16.4. The van der Waals surface area contributed by atoms with Crippen molar-refractivity contribution in [2.24, 2.45) is 5.41 Å². The summed E-state index contributed by atoms with van der Waals surface area (Å²) < 4.78 is 75.6. The maximum absolute atomic E-state index is 14.5. The van der Waals surface area contributed by atoms with Crippen molar-refractivity contribution in [3.63, 3.8) is 0 Å². The van der Waals surface area contributed by atoms with E-state index in [9.17, 15) is 41.5 Å². The van der Waals surface area contributed by atoms with Crippen LogP contribution in [0.15, 0.2) is 242 Å². The van der Waals surface area contributed by atoms with Gasteiger partial charge in [0.25, 0.3) is 27.8 Å². The first-order valence-corrected chi connectivity index (χ1v) is 50.1. The van der Waals surface area contributed by atoms with E-state index in [0.29, 0.717) is 96.7 Å². The minimum absolute atomic E-state index is 0.0725. The lowest BCUT2D eigenvalue weighted by molar-refractivity contribution is -0.136. The molecule has 7 saturated heterocycles. The zero-order valence-corrected chi connectivity index (χ0v) is 83.6. The Morgan fingerprint density at radius 1 is 0.389 bits per heavy atom. The van der Waals surface area contributed by atoms with Gasteiger partial charge in [0.15, 0.2) is 22.9 Å². The van der Waals surface area contributed by atoms with Gasteiger partial charge >= 0.3 is 6.18 Å². The molecule has 19 aromatic heterocycles. The predicted octanol–water partition coefficient (Wildman–Crippen LogP) is 11.8. The summed E-state index contributed by atoms with van der Waals surface area (Å²) in [5, 5.41) is 12.4. The molecular formula is C108H109F4N31O6. The summed E-state index contributed by atoms with van der Waals surface area (Å²) in [6.07, 6.45) is 22.0. The Balaban J connectivity index is 0.000000102. The third kappa shape index (κ3) is 19.6. The highest BCUT2D eigenvalue weighted by atomic mass is 19.4. The average Bonchev–Trinajstić information content (AvgIpc) is 1.73. The van der Waals surface area contributed by atoms with Gasteiger partial charge in [-0.2, -0.15) is 23.4 Å². The van der Waals surface area contributed by atoms with Gasteiger partial charge in [-0.05, 0) is 196 Å². The van der Waals surface area contributed by atoms with Gasteiger partial charge in [-0.25, -0.2) is 58.3 Å². The van der Waals surface area contributed by atoms with Gasteiger partial charge in [-0.15, -0.1) is 0 Å². The van der Waals surface area contributed by atoms with Crippen LogP contribution in [0.25, 0.3) is 118 Å². The van der Waals surface area contributed by atoms with Crippen LogP contribution in [-0.2, 0) is 6.18 Å². The molecule has 1 aromatic carbocycles. The summed E-state index contributed by atoms with van der Waals surface area (Å²) in [7, 11) is 6.33. The molecule has 7 aliphatic heterocycles. The van der Waals surface area contributed by atoms with Crippen LogP contribution in [0.1, 0.15) is 60.0 Å². The number of pyridine rings is 8. The van der Waals surface area contributed by atoms with E-state index in [0.717, 1.165) is 198 Å². The fourth-order valence-corrected chi connectivity index (χ4v) is 21.1. The number of piperidine rings is 1. The minimum atomic E-state index is -4.58. The summed E-state index contributed by atoms with van der Waals surface area (Å²) in [6, 6.07) is 41.1. The number of likely N-dealkylation sites (N-methyl/N-ethyl adjacent to an activating group) is 3. The van der Waals surface area contributed by atoms with E-state index in [1.54, 1.807) is 83.2 Å². The van der Waals surface area contributed by atoms with Crippen molar-refractivity contribution >= 4 is 90.2 Å². The molecule has 37 nitrogen and oxygen atoms in total. The van der Waals surface area contributed by atoms with Crippen LogP contribution < -0.4 is 57.6 Å². The number of hydrogen-bond acceptors (Lipinski definition) is 28. The van der Waals surface area contributed by atoms with Crippen LogP contribution in [0.3, 0.4) is 0 Å². The maximum atomic E-state index is 14.5. The molecule has 149 heavy (non-hydrogen) atoms. The Labute approximate surface area is 849 Å². The summed E-state index contributed by atoms with van der Waals surface area (Å²) in [4.78, 5) is 130. The number of aryl methyl sites for hydroxylation is 5. The molecule has 0 saturated carbocycles. The smallest absolute Gasteiger partial charge is 0.420 e. The third-order valence-electron chi connectivity index (χ3n) is 29.5. The standard InChI is InChI=1S/C23H22FN5O2.C23H25N7O.C22H21F3N6O.C20H21N7O.C20H20N6O/c1-14-25-23-18(24)9-15(10-20(23)31-14)19-11-22(30)29-13-17(4-5-21(29)26-19)28-8-7-27-6-2-3-16(27)12-28;1-15-11-30-20(16(2)25-15)9-19(27-30)18-10-22(31)29-12-17(3-4-21(29)26-18)28-7-5-23(6-8-28)13-24-14-23;1-14-11-30-12-15(9-17(21(30)26-14)22(23,24)25)18-10-20(32)31-13-16(3-4-19(31)27-18)29-7-5-28(2)6-8-29;1-14-21-19-5-3-15(12-27(19)23-14)17-11-20(28)26-13-16(4-6-18(26)22-17)25-9-7-24(2)8-10-25;1-23-8-10-24(11-9-23)16-3-5-19-22-17(12-20(27)26(19)14-16)15-2-4-18-21-6-7-25(18)13-15/h4-5,9-11,13,16H,2-3,6-8,12H2,1H3;3-4,9-12,24H,5-8,13-14H2,1-2H3;3-4,9-13H,5-8H2,1-2H3;3-6,11-13H,7-10H2,1-2H3;2-7,12-14H,8-11H2,1H3/t16-;;;;/m0..../s1. The highest BCUT2D eigenvalue weighted by molar-refractivity contribution is 5.81. The molecule has 7 fully saturated rings. The van der Waals surface area contributed by atoms with Crippen molar-refractivity contribution in [1.82, 2.24) is 125 Å². The van der Waals surface area contributed by atoms with Crippen molar-refractivity contribution in [3.8, 4) is 56.4 Å². The predicted molar refractivity (Wildman–Crippen MR) is 564 cm³/mol. The number of hydrogen-bond donors (Lipinski definition) is 1. The largest absolute Gasteiger partial charge is 0.441 e. The molecule has 1 atom stereocenters. The van der Waals surface area contributed by atoms with Gasteiger partial charge in [-0.1, -0.05) is 0 Å². The first-order chi connectivity index (χ1) is 72.0. The number of anilines is 5. The molecule has 760 valence electrons. The number of halogens is 4. The summed E-state index contributed by atoms with van der Waals surface area (Å²) >= 11 is 0. The van der Waals surface area contributed by atoms with Gasteiger partial charge < -0.3 is 57.7 Å². The number of fused-ring (bicyclic) bond motifs is 11. The molecule has 20 aromatic rings. The van der Waals surface area contributed by atoms with E-state index in [1.165, 1.54) is 71.6 Å². The van der Waals surface area contributed by atoms with Crippen LogP contribution in [0.5, 0.6) is 0 Å². The van der Waals surface area contributed by atoms with E-state index >= 15 is 0 Å². The normalized spacial score (nSPS) is 16.9. The zero-order valence-electron chi connectivity index (χ0n) is 83.6. The lowest BCUT2D eigenvalue weighted by Crippen LogP contribution is -2.58. The van der Waals surface area contributed by atoms with Crippen LogP contribution in [0.4, 0.5) is 46.0 Å². The van der Waals surface area contributed by atoms with Crippen molar-refractivity contribution < 1.29 is 22.0 Å². The van der Waals surface area contributed by atoms with E-state index in [1.807, 2.05) is 148 Å². The zero-order chi connectivity index (χ0) is 103. The molecule has 0 aliphatic carbocycles. The average molecular weight is 2010 g/mol. The van der Waals surface area contributed by atoms with Crippen molar-refractivity contribution in [2.75, 3.05) is 177 Å². The second kappa shape index (κ2) is 39.1. The Kier molecular flexibility index (Phi) is 25.2. The SMILES string of the molecule is CN1CCN(c2ccc3nc(-c4ccc5nccn5c4)cc(=O)n3c2)CC1.Cc1cn2cc(-c3cc(=O)n4cc(N5CCN(C)CC5)ccc4n3)cc(C(F)(F)F)c2n1.Cc1cn2nc(-c3cc(=O)n4cc(N5CCC6(CC5)CNC6)ccc4n3)cc2c(C)n1.Cc1nc2c(F)cc(-c3cc(=O)n4cc(N5CCN6CCC[C@H]6C5)ccc4n3)cc2o1.Cc1nc2ccc(-c3cc(=O)n4cc(N5CCN(C)CC5)ccc4n3)cn2n1. The van der Waals surface area contributed by atoms with Crippen LogP contribution in [0.2, 0.25) is 0 Å². The first-order valence-electron chi connectivity index (χ1n) is 50.1. The molecular weight excluding hydrogens is 1900 g/mol. The van der Waals surface area contributed by atoms with Gasteiger partial charge in [-0.3, -0.25) is 55.9 Å². The van der Waals surface area contributed by atoms with E-state index in [2.05, 4.69) is 128 Å². The Morgan fingerprint density at radius 2 is 0.846 bits per heavy atom. The fraction of sp³-hybridized carbons (Fsp3) is 0.324. The second-order valence-corrected chi connectivity index (χ2v) is 39.8. The topological polar surface area (TPSA) is 334 Å². The first kappa shape index (κ1) is 96.1. The molecule has 1 N–H and O–H groups in total. The third-order valence-corrected chi connectivity index (χ3v) is 29.5. The van der Waals surface area contributed by atoms with E-state index in [-0.39, 0.29) is 50.2 Å². The van der Waals surface area contributed by atoms with Crippen LogP contribution in [0, 0.1) is 45.9 Å². The molecule has 7 aliphatic rings. The summed E-state index contributed by atoms with van der Waals surface area (Å²) in [5.41, 5.74) is 17.5. The maximum Gasteiger partial charge on any atom is 0.420 e. The Morgan fingerprint density at radius 3 is 1.36 bits per heavy atom. The number of alkyl halides is 3. The fourth-order valence-electron chi connectivity index (χ4n) is 21.1. The quantitative estimate of drug-likeness (QED) is 0.124. The highest BCUT2D eigenvalue weighted by Gasteiger charge is 2.41. The van der Waals surface area contributed by atoms with E-state index in [4.69, 9.17) is 19.4 Å². The molecule has 1 spiro atoms. The van der Waals surface area contributed by atoms with Gasteiger partial charge in [0.05, 0.1) is 91.3 Å². The highest BCUT2D eigenvalue weighted by Crippen LogP contribution is 2.39. The lowest BCUT2D eigenvalue weighted by atomic mass is 9.73. The van der Waals surface area contributed by atoms with Crippen LogP contribution in [-0.4, -0.2) is 278 Å². The number of rotatable bonds is 10. The number of benzene rings is 1. The lowest BCUT2D eigenvalue weighted by Gasteiger charge is -2.48. The molecule has 0 bridgehead atoms. The number of nitrogens with zero attached hydrogens (tertiary/aromatic N) is 30. The van der Waals surface area contributed by atoms with Crippen LogP contribution >= 0.6 is 0 Å². The second-order valence-electron chi connectivity index (χ2n) is 39.8. The number of imidazole rings is 2. The van der Waals surface area contributed by atoms with Gasteiger partial charge in [0, 0.05) is 258 Å².